The second kappa shape index (κ2) is 6.67. The minimum absolute atomic E-state index is 0.0971. The van der Waals surface area contributed by atoms with Gasteiger partial charge in [0.15, 0.2) is 5.78 Å². The van der Waals surface area contributed by atoms with Crippen molar-refractivity contribution in [3.05, 3.63) is 59.1 Å². The molecule has 0 N–H and O–H groups in total. The molecule has 0 aliphatic heterocycles. The fraction of sp³-hybridized carbons (Fsp3) is 0.222. The summed E-state index contributed by atoms with van der Waals surface area (Å²) in [5.41, 5.74) is 1.35. The summed E-state index contributed by atoms with van der Waals surface area (Å²) in [6, 6.07) is 13.3. The molecule has 0 aliphatic rings. The van der Waals surface area contributed by atoms with E-state index in [0.29, 0.717) is 5.56 Å². The van der Waals surface area contributed by atoms with Gasteiger partial charge in [-0.3, -0.25) is 4.79 Å². The van der Waals surface area contributed by atoms with Crippen molar-refractivity contribution in [3.8, 4) is 0 Å². The largest absolute Gasteiger partial charge is 0.295 e. The maximum absolute atomic E-state index is 12.9. The van der Waals surface area contributed by atoms with E-state index in [0.717, 1.165) is 15.2 Å². The van der Waals surface area contributed by atoms with E-state index in [4.69, 9.17) is 0 Å². The monoisotopic (exact) mass is 374 g/mol. The molecule has 1 atom stereocenters. The summed E-state index contributed by atoms with van der Waals surface area (Å²) >= 11 is 1.49. The second-order valence-electron chi connectivity index (χ2n) is 5.80. The number of carbonyl (C=O) groups is 1. The molecule has 25 heavy (non-hydrogen) atoms. The van der Waals surface area contributed by atoms with E-state index in [1.54, 1.807) is 7.05 Å². The van der Waals surface area contributed by atoms with Crippen molar-refractivity contribution in [1.29, 1.82) is 0 Å². The second-order valence-corrected chi connectivity index (χ2v) is 8.86. The van der Waals surface area contributed by atoms with Crippen LogP contribution in [0.4, 0.5) is 0 Å². The summed E-state index contributed by atoms with van der Waals surface area (Å²) in [7, 11) is -2.13. The minimum atomic E-state index is -3.68. The van der Waals surface area contributed by atoms with E-state index in [2.05, 4.69) is 4.98 Å². The molecule has 0 amide bonds. The Morgan fingerprint density at radius 3 is 2.36 bits per heavy atom. The van der Waals surface area contributed by atoms with Gasteiger partial charge in [-0.2, -0.15) is 4.31 Å². The van der Waals surface area contributed by atoms with Crippen molar-refractivity contribution < 1.29 is 13.2 Å². The van der Waals surface area contributed by atoms with E-state index in [-0.39, 0.29) is 10.7 Å². The topological polar surface area (TPSA) is 67.3 Å². The van der Waals surface area contributed by atoms with Crippen LogP contribution in [0.3, 0.4) is 0 Å². The molecular formula is C18H18N2O3S2. The Morgan fingerprint density at radius 1 is 1.12 bits per heavy atom. The van der Waals surface area contributed by atoms with Crippen molar-refractivity contribution in [2.75, 3.05) is 7.05 Å². The van der Waals surface area contributed by atoms with Gasteiger partial charge in [-0.05, 0) is 38.1 Å². The molecule has 0 radical (unpaired) electrons. The quantitative estimate of drug-likeness (QED) is 0.636. The van der Waals surface area contributed by atoms with Crippen LogP contribution >= 0.6 is 11.3 Å². The normalized spacial score (nSPS) is 13.3. The first-order valence-corrected chi connectivity index (χ1v) is 10.0. The molecule has 0 bridgehead atoms. The van der Waals surface area contributed by atoms with Crippen LogP contribution in [0.1, 0.15) is 35.3 Å². The summed E-state index contributed by atoms with van der Waals surface area (Å²) in [5.74, 6) is -0.0971. The predicted molar refractivity (Wildman–Crippen MR) is 99.4 cm³/mol. The third-order valence-electron chi connectivity index (χ3n) is 4.15. The zero-order valence-corrected chi connectivity index (χ0v) is 15.8. The molecule has 2 aromatic carbocycles. The van der Waals surface area contributed by atoms with Crippen LogP contribution in [0, 0.1) is 0 Å². The molecule has 0 aliphatic carbocycles. The van der Waals surface area contributed by atoms with Crippen LogP contribution in [0.5, 0.6) is 0 Å². The molecule has 0 unspecified atom stereocenters. The molecule has 5 nitrogen and oxygen atoms in total. The molecule has 3 rings (SSSR count). The Balaban J connectivity index is 1.91. The van der Waals surface area contributed by atoms with E-state index in [1.807, 2.05) is 31.2 Å². The third-order valence-corrected chi connectivity index (χ3v) is 7.30. The standard InChI is InChI=1S/C18H18N2O3S2/c1-12(18-19-16-6-4-5-7-17(16)24-18)20(3)25(22,23)15-10-8-14(9-11-15)13(2)21/h4-12H,1-3H3/t12-/m1/s1. The number of carbonyl (C=O) groups excluding carboxylic acids is 1. The fourth-order valence-corrected chi connectivity index (χ4v) is 4.92. The van der Waals surface area contributed by atoms with Gasteiger partial charge < -0.3 is 0 Å². The van der Waals surface area contributed by atoms with E-state index in [9.17, 15) is 13.2 Å². The van der Waals surface area contributed by atoms with Crippen molar-refractivity contribution in [1.82, 2.24) is 9.29 Å². The Labute approximate surface area is 151 Å². The van der Waals surface area contributed by atoms with E-state index in [1.165, 1.54) is 46.8 Å². The molecule has 0 fully saturated rings. The lowest BCUT2D eigenvalue weighted by atomic mass is 10.2. The summed E-state index contributed by atoms with van der Waals surface area (Å²) in [6.45, 7) is 3.27. The number of hydrogen-bond acceptors (Lipinski definition) is 5. The number of Topliss-reactive ketones (excluding diaryl/α,β-unsaturated/α-hetero) is 1. The number of aromatic nitrogens is 1. The van der Waals surface area contributed by atoms with E-state index < -0.39 is 16.1 Å². The summed E-state index contributed by atoms with van der Waals surface area (Å²) in [6.07, 6.45) is 0. The zero-order valence-electron chi connectivity index (χ0n) is 14.1. The predicted octanol–water partition coefficient (Wildman–Crippen LogP) is 3.88. The highest BCUT2D eigenvalue weighted by Gasteiger charge is 2.28. The lowest BCUT2D eigenvalue weighted by Gasteiger charge is -2.22. The molecule has 130 valence electrons. The number of nitrogens with zero attached hydrogens (tertiary/aromatic N) is 2. The Hall–Kier alpha value is -2.09. The fourth-order valence-electron chi connectivity index (χ4n) is 2.46. The SMILES string of the molecule is CC(=O)c1ccc(S(=O)(=O)N(C)[C@H](C)c2nc3ccccc3s2)cc1. The average molecular weight is 374 g/mol. The number of hydrogen-bond donors (Lipinski definition) is 0. The average Bonchev–Trinajstić information content (AvgIpc) is 3.04. The van der Waals surface area contributed by atoms with Gasteiger partial charge >= 0.3 is 0 Å². The zero-order chi connectivity index (χ0) is 18.2. The highest BCUT2D eigenvalue weighted by atomic mass is 32.2. The van der Waals surface area contributed by atoms with Gasteiger partial charge in [-0.25, -0.2) is 13.4 Å². The molecule has 0 saturated heterocycles. The summed E-state index contributed by atoms with van der Waals surface area (Å²) in [5, 5.41) is 0.743. The van der Waals surface area contributed by atoms with Crippen LogP contribution in [0.2, 0.25) is 0 Å². The van der Waals surface area contributed by atoms with Gasteiger partial charge in [-0.1, -0.05) is 24.3 Å². The molecule has 0 saturated carbocycles. The number of para-hydroxylation sites is 1. The van der Waals surface area contributed by atoms with Crippen LogP contribution in [0.25, 0.3) is 10.2 Å². The molecular weight excluding hydrogens is 356 g/mol. The minimum Gasteiger partial charge on any atom is -0.295 e. The first kappa shape index (κ1) is 17.7. The number of fused-ring (bicyclic) bond motifs is 1. The van der Waals surface area contributed by atoms with Crippen LogP contribution in [-0.4, -0.2) is 30.5 Å². The molecule has 0 spiro atoms. The van der Waals surface area contributed by atoms with Crippen molar-refractivity contribution in [3.63, 3.8) is 0 Å². The number of sulfonamides is 1. The first-order valence-electron chi connectivity index (χ1n) is 7.75. The van der Waals surface area contributed by atoms with Crippen LogP contribution in [-0.2, 0) is 10.0 Å². The van der Waals surface area contributed by atoms with Crippen molar-refractivity contribution in [2.24, 2.45) is 0 Å². The lowest BCUT2D eigenvalue weighted by molar-refractivity contribution is 0.101. The lowest BCUT2D eigenvalue weighted by Crippen LogP contribution is -2.29. The number of rotatable bonds is 5. The maximum atomic E-state index is 12.9. The molecule has 3 aromatic rings. The summed E-state index contributed by atoms with van der Waals surface area (Å²) < 4.78 is 28.1. The molecule has 7 heteroatoms. The van der Waals surface area contributed by atoms with Gasteiger partial charge in [0.05, 0.1) is 21.2 Å². The number of ketones is 1. The Bertz CT molecular complexity index is 991. The van der Waals surface area contributed by atoms with E-state index >= 15 is 0 Å². The van der Waals surface area contributed by atoms with Crippen molar-refractivity contribution in [2.45, 2.75) is 24.8 Å². The molecule has 1 heterocycles. The highest BCUT2D eigenvalue weighted by Crippen LogP contribution is 2.31. The summed E-state index contributed by atoms with van der Waals surface area (Å²) in [4.78, 5) is 16.1. The Morgan fingerprint density at radius 2 is 1.76 bits per heavy atom. The van der Waals surface area contributed by atoms with Gasteiger partial charge in [0.2, 0.25) is 10.0 Å². The number of benzene rings is 2. The number of thiazole rings is 1. The van der Waals surface area contributed by atoms with Gasteiger partial charge in [-0.15, -0.1) is 11.3 Å². The van der Waals surface area contributed by atoms with Crippen molar-refractivity contribution >= 4 is 37.4 Å². The Kier molecular flexibility index (Phi) is 4.73. The van der Waals surface area contributed by atoms with Gasteiger partial charge in [0, 0.05) is 12.6 Å². The van der Waals surface area contributed by atoms with Crippen LogP contribution < -0.4 is 0 Å². The van der Waals surface area contributed by atoms with Gasteiger partial charge in [0.1, 0.15) is 5.01 Å². The maximum Gasteiger partial charge on any atom is 0.243 e. The van der Waals surface area contributed by atoms with Gasteiger partial charge in [0.25, 0.3) is 0 Å². The van der Waals surface area contributed by atoms with Crippen LogP contribution in [0.15, 0.2) is 53.4 Å². The highest BCUT2D eigenvalue weighted by molar-refractivity contribution is 7.89. The first-order chi connectivity index (χ1) is 11.8. The third kappa shape index (κ3) is 3.35. The molecule has 1 aromatic heterocycles. The smallest absolute Gasteiger partial charge is 0.243 e.